The number of rotatable bonds is 0. The largest absolute Gasteiger partial charge is 0.334 e. The van der Waals surface area contributed by atoms with E-state index in [-0.39, 0.29) is 0 Å². The highest BCUT2D eigenvalue weighted by molar-refractivity contribution is 9.10. The molecule has 0 aliphatic rings. The number of nitrogens with one attached hydrogen (secondary N) is 1. The minimum Gasteiger partial charge on any atom is -0.334 e. The van der Waals surface area contributed by atoms with Crippen molar-refractivity contribution >= 4 is 42.9 Å². The lowest BCUT2D eigenvalue weighted by molar-refractivity contribution is 1.29. The highest BCUT2D eigenvalue weighted by Crippen LogP contribution is 2.20. The molecule has 0 amide bonds. The molecule has 4 heteroatoms. The number of halogens is 2. The Labute approximate surface area is 80.3 Å². The van der Waals surface area contributed by atoms with E-state index in [0.29, 0.717) is 0 Å². The van der Waals surface area contributed by atoms with Crippen LogP contribution >= 0.6 is 31.9 Å². The molecule has 0 atom stereocenters. The standard InChI is InChI=1S/C7H4Br2N2/c8-5-1-4-2-6(9)11-7(4)10-3-5/h1-3H,(H,10,11). The summed E-state index contributed by atoms with van der Waals surface area (Å²) in [6.07, 6.45) is 1.77. The van der Waals surface area contributed by atoms with Crippen molar-refractivity contribution in [2.75, 3.05) is 0 Å². The molecule has 2 rings (SSSR count). The lowest BCUT2D eigenvalue weighted by Crippen LogP contribution is -1.74. The van der Waals surface area contributed by atoms with Crippen molar-refractivity contribution < 1.29 is 0 Å². The van der Waals surface area contributed by atoms with Gasteiger partial charge in [-0.3, -0.25) is 0 Å². The molecule has 2 aromatic rings. The zero-order valence-electron chi connectivity index (χ0n) is 5.44. The lowest BCUT2D eigenvalue weighted by atomic mass is 10.3. The third-order valence-electron chi connectivity index (χ3n) is 1.40. The second-order valence-electron chi connectivity index (χ2n) is 2.21. The number of aromatic amines is 1. The summed E-state index contributed by atoms with van der Waals surface area (Å²) >= 11 is 6.69. The number of H-pyrrole nitrogens is 1. The molecule has 0 saturated heterocycles. The Hall–Kier alpha value is -0.350. The summed E-state index contributed by atoms with van der Waals surface area (Å²) in [6, 6.07) is 4.01. The van der Waals surface area contributed by atoms with E-state index >= 15 is 0 Å². The molecular weight excluding hydrogens is 272 g/mol. The van der Waals surface area contributed by atoms with Crippen molar-refractivity contribution in [1.29, 1.82) is 0 Å². The predicted molar refractivity (Wildman–Crippen MR) is 51.5 cm³/mol. The molecule has 2 nitrogen and oxygen atoms in total. The summed E-state index contributed by atoms with van der Waals surface area (Å²) in [4.78, 5) is 7.24. The van der Waals surface area contributed by atoms with Gasteiger partial charge in [-0.15, -0.1) is 0 Å². The van der Waals surface area contributed by atoms with E-state index in [4.69, 9.17) is 0 Å². The van der Waals surface area contributed by atoms with Gasteiger partial charge in [0.05, 0.1) is 4.60 Å². The van der Waals surface area contributed by atoms with Crippen LogP contribution in [0.5, 0.6) is 0 Å². The first-order valence-electron chi connectivity index (χ1n) is 3.05. The minimum atomic E-state index is 0.903. The Bertz CT molecular complexity index is 394. The fourth-order valence-corrected chi connectivity index (χ4v) is 1.74. The van der Waals surface area contributed by atoms with E-state index in [1.54, 1.807) is 6.20 Å². The van der Waals surface area contributed by atoms with Crippen LogP contribution in [0, 0.1) is 0 Å². The van der Waals surface area contributed by atoms with Crippen molar-refractivity contribution in [3.63, 3.8) is 0 Å². The molecule has 2 heterocycles. The number of hydrogen-bond donors (Lipinski definition) is 1. The Kier molecular flexibility index (Phi) is 1.73. The number of fused-ring (bicyclic) bond motifs is 1. The molecule has 0 spiro atoms. The molecular formula is C7H4Br2N2. The van der Waals surface area contributed by atoms with Gasteiger partial charge in [0.2, 0.25) is 0 Å². The number of pyridine rings is 1. The van der Waals surface area contributed by atoms with Crippen LogP contribution < -0.4 is 0 Å². The van der Waals surface area contributed by atoms with E-state index in [0.717, 1.165) is 20.1 Å². The normalized spacial score (nSPS) is 10.7. The molecule has 0 saturated carbocycles. The van der Waals surface area contributed by atoms with Gasteiger partial charge in [0.25, 0.3) is 0 Å². The van der Waals surface area contributed by atoms with Crippen LogP contribution in [-0.2, 0) is 0 Å². The molecule has 1 N–H and O–H groups in total. The van der Waals surface area contributed by atoms with Gasteiger partial charge in [-0.05, 0) is 44.0 Å². The molecule has 2 aromatic heterocycles. The number of hydrogen-bond acceptors (Lipinski definition) is 1. The van der Waals surface area contributed by atoms with Crippen LogP contribution in [0.25, 0.3) is 11.0 Å². The van der Waals surface area contributed by atoms with Gasteiger partial charge in [-0.2, -0.15) is 0 Å². The number of aromatic nitrogens is 2. The van der Waals surface area contributed by atoms with Crippen molar-refractivity contribution in [3.05, 3.63) is 27.4 Å². The average molecular weight is 276 g/mol. The Morgan fingerprint density at radius 2 is 2.09 bits per heavy atom. The van der Waals surface area contributed by atoms with Crippen molar-refractivity contribution in [2.24, 2.45) is 0 Å². The summed E-state index contributed by atoms with van der Waals surface area (Å²) in [5.41, 5.74) is 0.903. The first-order valence-corrected chi connectivity index (χ1v) is 4.64. The molecule has 0 fully saturated rings. The zero-order valence-corrected chi connectivity index (χ0v) is 8.61. The van der Waals surface area contributed by atoms with Crippen molar-refractivity contribution in [3.8, 4) is 0 Å². The monoisotopic (exact) mass is 274 g/mol. The van der Waals surface area contributed by atoms with E-state index in [1.165, 1.54) is 0 Å². The fraction of sp³-hybridized carbons (Fsp3) is 0. The Morgan fingerprint density at radius 3 is 2.91 bits per heavy atom. The molecule has 0 aromatic carbocycles. The zero-order chi connectivity index (χ0) is 7.84. The van der Waals surface area contributed by atoms with Gasteiger partial charge in [-0.25, -0.2) is 4.98 Å². The highest BCUT2D eigenvalue weighted by atomic mass is 79.9. The summed E-state index contributed by atoms with van der Waals surface area (Å²) in [7, 11) is 0. The van der Waals surface area contributed by atoms with Gasteiger partial charge >= 0.3 is 0 Å². The molecule has 0 radical (unpaired) electrons. The van der Waals surface area contributed by atoms with E-state index in [2.05, 4.69) is 41.8 Å². The molecule has 0 aliphatic carbocycles. The predicted octanol–water partition coefficient (Wildman–Crippen LogP) is 3.09. The summed E-state index contributed by atoms with van der Waals surface area (Å²) in [5.74, 6) is 0. The van der Waals surface area contributed by atoms with E-state index < -0.39 is 0 Å². The second-order valence-corrected chi connectivity index (χ2v) is 3.98. The smallest absolute Gasteiger partial charge is 0.138 e. The minimum absolute atomic E-state index is 0.903. The van der Waals surface area contributed by atoms with E-state index in [9.17, 15) is 0 Å². The second kappa shape index (κ2) is 2.60. The quantitative estimate of drug-likeness (QED) is 0.786. The first-order chi connectivity index (χ1) is 5.25. The summed E-state index contributed by atoms with van der Waals surface area (Å²) < 4.78 is 1.95. The first kappa shape index (κ1) is 7.31. The van der Waals surface area contributed by atoms with Crippen LogP contribution in [0.2, 0.25) is 0 Å². The van der Waals surface area contributed by atoms with Crippen LogP contribution in [-0.4, -0.2) is 9.97 Å². The van der Waals surface area contributed by atoms with Crippen LogP contribution in [0.1, 0.15) is 0 Å². The average Bonchev–Trinajstić information content (AvgIpc) is 2.27. The third-order valence-corrected chi connectivity index (χ3v) is 2.26. The molecule has 0 bridgehead atoms. The van der Waals surface area contributed by atoms with Gasteiger partial charge < -0.3 is 4.98 Å². The maximum atomic E-state index is 4.17. The van der Waals surface area contributed by atoms with Crippen LogP contribution in [0.15, 0.2) is 27.4 Å². The lowest BCUT2D eigenvalue weighted by Gasteiger charge is -1.88. The highest BCUT2D eigenvalue weighted by Gasteiger charge is 1.98. The topological polar surface area (TPSA) is 28.7 Å². The summed E-state index contributed by atoms with van der Waals surface area (Å²) in [6.45, 7) is 0. The van der Waals surface area contributed by atoms with Gasteiger partial charge in [0, 0.05) is 16.1 Å². The van der Waals surface area contributed by atoms with Crippen LogP contribution in [0.3, 0.4) is 0 Å². The van der Waals surface area contributed by atoms with Gasteiger partial charge in [-0.1, -0.05) is 0 Å². The fourth-order valence-electron chi connectivity index (χ4n) is 0.955. The Balaban J connectivity index is 2.82. The van der Waals surface area contributed by atoms with Crippen molar-refractivity contribution in [2.45, 2.75) is 0 Å². The van der Waals surface area contributed by atoms with E-state index in [1.807, 2.05) is 12.1 Å². The van der Waals surface area contributed by atoms with Crippen LogP contribution in [0.4, 0.5) is 0 Å². The maximum absolute atomic E-state index is 4.17. The number of nitrogens with zero attached hydrogens (tertiary/aromatic N) is 1. The molecule has 11 heavy (non-hydrogen) atoms. The Morgan fingerprint density at radius 1 is 1.27 bits per heavy atom. The SMILES string of the molecule is Brc1cnc2[nH]c(Br)cc2c1. The maximum Gasteiger partial charge on any atom is 0.138 e. The van der Waals surface area contributed by atoms with Gasteiger partial charge in [0.15, 0.2) is 0 Å². The van der Waals surface area contributed by atoms with Crippen molar-refractivity contribution in [1.82, 2.24) is 9.97 Å². The molecule has 0 aliphatic heterocycles. The molecule has 0 unspecified atom stereocenters. The van der Waals surface area contributed by atoms with Gasteiger partial charge in [0.1, 0.15) is 5.65 Å². The summed E-state index contributed by atoms with van der Waals surface area (Å²) in [5, 5.41) is 1.10. The molecule has 56 valence electrons. The third kappa shape index (κ3) is 1.32.